The first-order valence-corrected chi connectivity index (χ1v) is 8.23. The molecule has 36 heavy (non-hydrogen) atoms. The minimum atomic E-state index is -7.01. The van der Waals surface area contributed by atoms with E-state index in [1.54, 1.807) is 5.21 Å². The molecule has 21 heteroatoms. The lowest BCUT2D eigenvalue weighted by Gasteiger charge is -2.30. The fourth-order valence-electron chi connectivity index (χ4n) is 2.88. The molecule has 0 aliphatic carbocycles. The Morgan fingerprint density at radius 1 is 0.667 bits per heavy atom. The van der Waals surface area contributed by atoms with Crippen molar-refractivity contribution in [2.45, 2.75) is 30.9 Å². The molecule has 0 aliphatic heterocycles. The van der Waals surface area contributed by atoms with Gasteiger partial charge in [-0.05, 0) is 5.21 Å². The van der Waals surface area contributed by atoms with Gasteiger partial charge in [-0.3, -0.25) is 0 Å². The van der Waals surface area contributed by atoms with Crippen LogP contribution in [0.15, 0.2) is 6.20 Å². The molecule has 1 heterocycles. The van der Waals surface area contributed by atoms with E-state index in [0.717, 1.165) is 11.4 Å². The Morgan fingerprint density at radius 2 is 1.03 bits per heavy atom. The lowest BCUT2D eigenvalue weighted by molar-refractivity contribution is -0.188. The van der Waals surface area contributed by atoms with Crippen LogP contribution in [0.4, 0.5) is 71.5 Å². The van der Waals surface area contributed by atoms with Gasteiger partial charge in [0, 0.05) is 6.20 Å². The van der Waals surface area contributed by atoms with Crippen LogP contribution in [-0.4, -0.2) is 20.6 Å². The summed E-state index contributed by atoms with van der Waals surface area (Å²) in [4.78, 5) is 0. The molecule has 6 nitrogen and oxygen atoms in total. The number of nitriles is 1. The van der Waals surface area contributed by atoms with Crippen LogP contribution in [0.1, 0.15) is 33.6 Å². The quantitative estimate of drug-likeness (QED) is 0.346. The normalized spacial score (nSPS) is 14.1. The number of H-pyrrole nitrogens is 1. The minimum absolute atomic E-state index is 0.280. The van der Waals surface area contributed by atoms with Crippen LogP contribution in [-0.2, 0) is 30.9 Å². The van der Waals surface area contributed by atoms with E-state index in [1.165, 1.54) is 0 Å². The summed E-state index contributed by atoms with van der Waals surface area (Å²) in [5.74, 6) is -0.911. The molecule has 198 valence electrons. The molecule has 0 unspecified atom stereocenters. The summed E-state index contributed by atoms with van der Waals surface area (Å²) in [5, 5.41) is 20.4. The van der Waals surface area contributed by atoms with Gasteiger partial charge in [-0.15, -0.1) is 10.2 Å². The van der Waals surface area contributed by atoms with E-state index in [9.17, 15) is 65.9 Å². The molecule has 0 saturated carbocycles. The molecule has 2 rings (SSSR count). The van der Waals surface area contributed by atoms with Gasteiger partial charge in [0.15, 0.2) is 0 Å². The maximum atomic E-state index is 13.6. The molecule has 2 aromatic rings. The molecule has 0 spiro atoms. The second-order valence-electron chi connectivity index (χ2n) is 6.29. The summed E-state index contributed by atoms with van der Waals surface area (Å²) in [5.41, 5.74) is -24.3. The van der Waals surface area contributed by atoms with Gasteiger partial charge in [0.05, 0.1) is 33.5 Å². The Morgan fingerprint density at radius 3 is 1.31 bits per heavy atom. The maximum absolute atomic E-state index is 13.6. The van der Waals surface area contributed by atoms with Gasteiger partial charge < -0.3 is 5.32 Å². The van der Waals surface area contributed by atoms with Gasteiger partial charge in [-0.25, -0.2) is 0 Å². The smallest absolute Gasteiger partial charge is 0.359 e. The van der Waals surface area contributed by atoms with Crippen LogP contribution >= 0.6 is 0 Å². The fraction of sp³-hybridized carbons (Fsp3) is 0.333. The second kappa shape index (κ2) is 8.74. The van der Waals surface area contributed by atoms with Crippen molar-refractivity contribution in [1.82, 2.24) is 20.6 Å². The molecular weight excluding hydrogens is 549 g/mol. The number of benzene rings is 1. The average Bonchev–Trinajstić information content (AvgIpc) is 3.17. The van der Waals surface area contributed by atoms with Crippen molar-refractivity contribution in [2.75, 3.05) is 5.32 Å². The monoisotopic (exact) mass is 552 g/mol. The first-order chi connectivity index (χ1) is 16.0. The first kappa shape index (κ1) is 28.5. The molecule has 0 saturated heterocycles. The van der Waals surface area contributed by atoms with E-state index in [-0.39, 0.29) is 6.20 Å². The minimum Gasteiger partial charge on any atom is -0.359 e. The van der Waals surface area contributed by atoms with Gasteiger partial charge in [0.25, 0.3) is 0 Å². The number of hydrogen-bond donors (Lipinski definition) is 2. The average molecular weight is 552 g/mol. The number of alkyl halides is 15. The molecule has 0 fully saturated rings. The third kappa shape index (κ3) is 5.56. The highest BCUT2D eigenvalue weighted by atomic mass is 19.4. The van der Waals surface area contributed by atoms with E-state index < -0.39 is 75.8 Å². The molecule has 1 aromatic heterocycles. The topological polar surface area (TPSA) is 90.3 Å². The van der Waals surface area contributed by atoms with Crippen LogP contribution < -0.4 is 5.32 Å². The number of anilines is 1. The number of tetrazole rings is 1. The van der Waals surface area contributed by atoms with E-state index in [0.29, 0.717) is 0 Å². The van der Waals surface area contributed by atoms with Crippen LogP contribution in [0.2, 0.25) is 0 Å². The molecule has 1 aromatic carbocycles. The van der Waals surface area contributed by atoms with Gasteiger partial charge in [-0.1, -0.05) is 0 Å². The van der Waals surface area contributed by atoms with Crippen LogP contribution in [0.3, 0.4) is 0 Å². The van der Waals surface area contributed by atoms with Gasteiger partial charge in [-0.2, -0.15) is 76.3 Å². The van der Waals surface area contributed by atoms with E-state index in [2.05, 4.69) is 15.4 Å². The Balaban J connectivity index is 3.30. The van der Waals surface area contributed by atoms with Crippen molar-refractivity contribution >= 4 is 11.3 Å². The zero-order chi connectivity index (χ0) is 28.1. The Hall–Kier alpha value is -3.73. The maximum Gasteiger partial charge on any atom is 0.419 e. The molecule has 0 aliphatic rings. The zero-order valence-electron chi connectivity index (χ0n) is 16.0. The third-order valence-corrected chi connectivity index (χ3v) is 3.98. The number of allylic oxidation sites excluding steroid dienone is 1. The van der Waals surface area contributed by atoms with Crippen LogP contribution in [0.5, 0.6) is 0 Å². The highest BCUT2D eigenvalue weighted by molar-refractivity contribution is 5.77. The van der Waals surface area contributed by atoms with Crippen molar-refractivity contribution in [3.63, 3.8) is 0 Å². The predicted molar refractivity (Wildman–Crippen MR) is 82.8 cm³/mol. The lowest BCUT2D eigenvalue weighted by atomic mass is 9.87. The van der Waals surface area contributed by atoms with Crippen molar-refractivity contribution in [3.8, 4) is 6.07 Å². The van der Waals surface area contributed by atoms with Gasteiger partial charge >= 0.3 is 30.9 Å². The molecule has 0 bridgehead atoms. The summed E-state index contributed by atoms with van der Waals surface area (Å²) in [6.07, 6.45) is -34.6. The summed E-state index contributed by atoms with van der Waals surface area (Å²) in [6, 6.07) is 1.04. The number of rotatable bonds is 3. The van der Waals surface area contributed by atoms with Crippen molar-refractivity contribution in [2.24, 2.45) is 0 Å². The largest absolute Gasteiger partial charge is 0.419 e. The Labute approximate surface area is 186 Å². The molecule has 0 radical (unpaired) electrons. The zero-order valence-corrected chi connectivity index (χ0v) is 16.0. The number of hydrogen-bond acceptors (Lipinski definition) is 5. The number of aromatic amines is 1. The van der Waals surface area contributed by atoms with Crippen molar-refractivity contribution in [3.05, 3.63) is 39.8 Å². The SMILES string of the molecule is N#CC(=CNc1c(C(F)(F)F)c(C(F)(F)F)c(C(F)(F)F)c(C(F)(F)F)c1C(F)(F)F)c1nn[nH]n1. The molecule has 0 amide bonds. The highest BCUT2D eigenvalue weighted by Crippen LogP contribution is 2.58. The van der Waals surface area contributed by atoms with Crippen LogP contribution in [0, 0.1) is 11.3 Å². The highest BCUT2D eigenvalue weighted by Gasteiger charge is 2.60. The summed E-state index contributed by atoms with van der Waals surface area (Å²) >= 11 is 0. The first-order valence-electron chi connectivity index (χ1n) is 8.23. The molecular formula is C15H3F15N6. The Bertz CT molecular complexity index is 1130. The van der Waals surface area contributed by atoms with E-state index >= 15 is 0 Å². The standard InChI is InChI=1S/C15H3F15N6/c16-11(17,18)4-5(12(19,20)21)7(14(25,26)27)9(8(15(28,29)30)6(4)13(22,23)24)32-2-3(1-31)10-33-35-36-34-10/h2,32H,(H,33,34,35,36). The van der Waals surface area contributed by atoms with Crippen molar-refractivity contribution in [1.29, 1.82) is 5.26 Å². The van der Waals surface area contributed by atoms with E-state index in [4.69, 9.17) is 5.26 Å². The van der Waals surface area contributed by atoms with E-state index in [1.807, 2.05) is 0 Å². The third-order valence-electron chi connectivity index (χ3n) is 3.98. The second-order valence-corrected chi connectivity index (χ2v) is 6.29. The Kier molecular flexibility index (Phi) is 6.92. The summed E-state index contributed by atoms with van der Waals surface area (Å²) in [6.45, 7) is 0. The fourth-order valence-corrected chi connectivity index (χ4v) is 2.88. The van der Waals surface area contributed by atoms with Crippen molar-refractivity contribution < 1.29 is 65.9 Å². The number of halogens is 15. The van der Waals surface area contributed by atoms with Gasteiger partial charge in [0.2, 0.25) is 5.82 Å². The summed E-state index contributed by atoms with van der Waals surface area (Å²) in [7, 11) is 0. The number of nitrogens with zero attached hydrogens (tertiary/aromatic N) is 4. The molecule has 2 N–H and O–H groups in total. The predicted octanol–water partition coefficient (Wildman–Crippen LogP) is 6.27. The summed E-state index contributed by atoms with van der Waals surface area (Å²) < 4.78 is 202. The number of nitrogens with one attached hydrogen (secondary N) is 2. The molecule has 0 atom stereocenters. The van der Waals surface area contributed by atoms with Gasteiger partial charge in [0.1, 0.15) is 11.6 Å². The van der Waals surface area contributed by atoms with Crippen LogP contribution in [0.25, 0.3) is 5.57 Å². The lowest BCUT2D eigenvalue weighted by Crippen LogP contribution is -2.32. The number of aromatic nitrogens is 4.